The van der Waals surface area contributed by atoms with E-state index in [0.29, 0.717) is 19.0 Å². The molecule has 0 unspecified atom stereocenters. The molecule has 1 aromatic rings. The molecule has 1 saturated heterocycles. The molecule has 0 spiro atoms. The average Bonchev–Trinajstić information content (AvgIpc) is 3.18. The van der Waals surface area contributed by atoms with Crippen molar-refractivity contribution in [2.75, 3.05) is 11.9 Å². The fraction of sp³-hybridized carbons (Fsp3) is 0.579. The number of nitrogens with zero attached hydrogens (tertiary/aromatic N) is 1. The van der Waals surface area contributed by atoms with Crippen molar-refractivity contribution in [2.24, 2.45) is 5.92 Å². The summed E-state index contributed by atoms with van der Waals surface area (Å²) in [5, 5.41) is 3.09. The molecule has 2 fully saturated rings. The monoisotopic (exact) mass is 314 g/mol. The van der Waals surface area contributed by atoms with Crippen LogP contribution in [0.1, 0.15) is 50.2 Å². The Bertz CT molecular complexity index is 605. The van der Waals surface area contributed by atoms with E-state index in [1.807, 2.05) is 30.0 Å². The molecule has 1 aliphatic carbocycles. The lowest BCUT2D eigenvalue weighted by Crippen LogP contribution is -2.35. The van der Waals surface area contributed by atoms with Crippen LogP contribution in [-0.4, -0.2) is 29.3 Å². The van der Waals surface area contributed by atoms with Crippen molar-refractivity contribution in [1.29, 1.82) is 0 Å². The smallest absolute Gasteiger partial charge is 0.229 e. The number of amides is 2. The van der Waals surface area contributed by atoms with Crippen LogP contribution in [0.3, 0.4) is 0 Å². The maximum Gasteiger partial charge on any atom is 0.229 e. The van der Waals surface area contributed by atoms with Crippen molar-refractivity contribution in [3.63, 3.8) is 0 Å². The number of nitrogens with one attached hydrogen (secondary N) is 1. The molecule has 23 heavy (non-hydrogen) atoms. The second-order valence-electron chi connectivity index (χ2n) is 6.84. The van der Waals surface area contributed by atoms with Gasteiger partial charge in [-0.05, 0) is 37.3 Å². The number of para-hydroxylation sites is 1. The van der Waals surface area contributed by atoms with Crippen LogP contribution < -0.4 is 5.32 Å². The van der Waals surface area contributed by atoms with Gasteiger partial charge < -0.3 is 10.2 Å². The number of aryl methyl sites for hydroxylation is 2. The molecule has 1 N–H and O–H groups in total. The number of carbonyl (C=O) groups is 2. The van der Waals surface area contributed by atoms with Gasteiger partial charge in [0.1, 0.15) is 0 Å². The minimum atomic E-state index is -0.215. The molecule has 4 heteroatoms. The molecule has 1 heterocycles. The normalized spacial score (nSPS) is 21.9. The van der Waals surface area contributed by atoms with Crippen LogP contribution in [0.2, 0.25) is 0 Å². The molecule has 4 nitrogen and oxygen atoms in total. The molecule has 2 amide bonds. The van der Waals surface area contributed by atoms with Gasteiger partial charge in [0, 0.05) is 24.7 Å². The Hall–Kier alpha value is -1.84. The van der Waals surface area contributed by atoms with E-state index in [-0.39, 0.29) is 17.7 Å². The van der Waals surface area contributed by atoms with E-state index in [1.165, 1.54) is 12.8 Å². The fourth-order valence-corrected chi connectivity index (χ4v) is 3.90. The second-order valence-corrected chi connectivity index (χ2v) is 6.84. The first-order valence-corrected chi connectivity index (χ1v) is 8.79. The molecule has 2 aliphatic rings. The van der Waals surface area contributed by atoms with E-state index in [4.69, 9.17) is 0 Å². The number of hydrogen-bond acceptors (Lipinski definition) is 2. The molecular weight excluding hydrogens is 288 g/mol. The van der Waals surface area contributed by atoms with Crippen molar-refractivity contribution in [2.45, 2.75) is 58.4 Å². The fourth-order valence-electron chi connectivity index (χ4n) is 3.90. The van der Waals surface area contributed by atoms with Crippen molar-refractivity contribution < 1.29 is 9.59 Å². The topological polar surface area (TPSA) is 49.4 Å². The highest BCUT2D eigenvalue weighted by molar-refractivity contribution is 5.98. The maximum absolute atomic E-state index is 12.7. The standard InChI is InChI=1S/C19H26N2O2/c1-3-14-8-6-7-13(2)18(14)20-19(23)15-11-17(22)21(12-15)16-9-4-5-10-16/h6-8,15-16H,3-5,9-12H2,1-2H3,(H,20,23)/t15-/m0/s1. The zero-order valence-corrected chi connectivity index (χ0v) is 14.1. The summed E-state index contributed by atoms with van der Waals surface area (Å²) in [5.41, 5.74) is 3.15. The van der Waals surface area contributed by atoms with Crippen LogP contribution in [0, 0.1) is 12.8 Å². The lowest BCUT2D eigenvalue weighted by atomic mass is 10.0. The molecular formula is C19H26N2O2. The van der Waals surface area contributed by atoms with Crippen molar-refractivity contribution in [3.8, 4) is 0 Å². The molecule has 0 aromatic heterocycles. The summed E-state index contributed by atoms with van der Waals surface area (Å²) in [6.45, 7) is 4.69. The minimum absolute atomic E-state index is 0.0113. The zero-order chi connectivity index (χ0) is 16.4. The number of carbonyl (C=O) groups excluding carboxylic acids is 2. The lowest BCUT2D eigenvalue weighted by molar-refractivity contribution is -0.129. The molecule has 3 rings (SSSR count). The predicted molar refractivity (Wildman–Crippen MR) is 91.3 cm³/mol. The van der Waals surface area contributed by atoms with E-state index in [9.17, 15) is 9.59 Å². The van der Waals surface area contributed by atoms with Gasteiger partial charge in [0.25, 0.3) is 0 Å². The summed E-state index contributed by atoms with van der Waals surface area (Å²) in [6, 6.07) is 6.45. The highest BCUT2D eigenvalue weighted by Gasteiger charge is 2.38. The van der Waals surface area contributed by atoms with Crippen molar-refractivity contribution >= 4 is 17.5 Å². The maximum atomic E-state index is 12.7. The van der Waals surface area contributed by atoms with Crippen LogP contribution in [0.5, 0.6) is 0 Å². The first-order valence-electron chi connectivity index (χ1n) is 8.79. The largest absolute Gasteiger partial charge is 0.339 e. The average molecular weight is 314 g/mol. The first kappa shape index (κ1) is 16.0. The molecule has 0 bridgehead atoms. The number of hydrogen-bond donors (Lipinski definition) is 1. The van der Waals surface area contributed by atoms with Gasteiger partial charge in [-0.3, -0.25) is 9.59 Å². The lowest BCUT2D eigenvalue weighted by Gasteiger charge is -2.24. The SMILES string of the molecule is CCc1cccc(C)c1NC(=O)[C@H]1CC(=O)N(C2CCCC2)C1. The summed E-state index contributed by atoms with van der Waals surface area (Å²) < 4.78 is 0. The van der Waals surface area contributed by atoms with Crippen LogP contribution in [-0.2, 0) is 16.0 Å². The number of benzene rings is 1. The predicted octanol–water partition coefficient (Wildman–Crippen LogP) is 3.29. The Kier molecular flexibility index (Phi) is 4.69. The van der Waals surface area contributed by atoms with E-state index < -0.39 is 0 Å². The highest BCUT2D eigenvalue weighted by Crippen LogP contribution is 2.30. The van der Waals surface area contributed by atoms with E-state index >= 15 is 0 Å². The van der Waals surface area contributed by atoms with Crippen molar-refractivity contribution in [1.82, 2.24) is 4.90 Å². The number of rotatable bonds is 4. The van der Waals surface area contributed by atoms with E-state index in [1.54, 1.807) is 0 Å². The molecule has 1 aliphatic heterocycles. The Morgan fingerprint density at radius 3 is 2.74 bits per heavy atom. The second kappa shape index (κ2) is 6.73. The van der Waals surface area contributed by atoms with Gasteiger partial charge in [-0.2, -0.15) is 0 Å². The van der Waals surface area contributed by atoms with Gasteiger partial charge in [0.05, 0.1) is 5.92 Å². The van der Waals surface area contributed by atoms with Gasteiger partial charge in [-0.25, -0.2) is 0 Å². The molecule has 1 saturated carbocycles. The third-order valence-electron chi connectivity index (χ3n) is 5.28. The van der Waals surface area contributed by atoms with Crippen molar-refractivity contribution in [3.05, 3.63) is 29.3 Å². The quantitative estimate of drug-likeness (QED) is 0.927. The summed E-state index contributed by atoms with van der Waals surface area (Å²) in [4.78, 5) is 26.9. The minimum Gasteiger partial charge on any atom is -0.339 e. The molecule has 0 radical (unpaired) electrons. The number of anilines is 1. The molecule has 1 atom stereocenters. The summed E-state index contributed by atoms with van der Waals surface area (Å²) in [5.74, 6) is -0.0761. The van der Waals surface area contributed by atoms with Gasteiger partial charge in [0.2, 0.25) is 11.8 Å². The molecule has 1 aromatic carbocycles. The number of likely N-dealkylation sites (tertiary alicyclic amines) is 1. The Morgan fingerprint density at radius 2 is 2.04 bits per heavy atom. The van der Waals surface area contributed by atoms with Crippen LogP contribution >= 0.6 is 0 Å². The highest BCUT2D eigenvalue weighted by atomic mass is 16.2. The first-order chi connectivity index (χ1) is 11.1. The Morgan fingerprint density at radius 1 is 1.30 bits per heavy atom. The van der Waals surface area contributed by atoms with Crippen LogP contribution in [0.25, 0.3) is 0 Å². The molecule has 124 valence electrons. The third-order valence-corrected chi connectivity index (χ3v) is 5.28. The third kappa shape index (κ3) is 3.26. The summed E-state index contributed by atoms with van der Waals surface area (Å²) in [6.07, 6.45) is 5.84. The van der Waals surface area contributed by atoms with E-state index in [2.05, 4.69) is 12.2 Å². The summed E-state index contributed by atoms with van der Waals surface area (Å²) in [7, 11) is 0. The van der Waals surface area contributed by atoms with Gasteiger partial charge in [-0.15, -0.1) is 0 Å². The van der Waals surface area contributed by atoms with Crippen LogP contribution in [0.15, 0.2) is 18.2 Å². The zero-order valence-electron chi connectivity index (χ0n) is 14.1. The Balaban J connectivity index is 1.69. The Labute approximate surface area is 138 Å². The van der Waals surface area contributed by atoms with Gasteiger partial charge in [-0.1, -0.05) is 38.0 Å². The van der Waals surface area contributed by atoms with Gasteiger partial charge >= 0.3 is 0 Å². The van der Waals surface area contributed by atoms with Gasteiger partial charge in [0.15, 0.2) is 0 Å². The summed E-state index contributed by atoms with van der Waals surface area (Å²) >= 11 is 0. The van der Waals surface area contributed by atoms with E-state index in [0.717, 1.165) is 36.1 Å². The van der Waals surface area contributed by atoms with Crippen LogP contribution in [0.4, 0.5) is 5.69 Å².